The maximum absolute atomic E-state index is 13.6. The maximum Gasteiger partial charge on any atom is 0.405 e. The highest BCUT2D eigenvalue weighted by atomic mass is 16.4. The molecule has 0 saturated carbocycles. The Bertz CT molecular complexity index is 1410. The summed E-state index contributed by atoms with van der Waals surface area (Å²) in [5, 5.41) is 16.1. The molecule has 1 aliphatic heterocycles. The number of fused-ring (bicyclic) bond motifs is 1. The molecular formula is C28H34N6O4. The molecule has 1 atom stereocenters. The number of nitrogens with one attached hydrogen (secondary N) is 1. The molecule has 0 bridgehead atoms. The minimum Gasteiger partial charge on any atom is -0.465 e. The first-order chi connectivity index (χ1) is 18.3. The molecule has 2 N–H and O–H groups in total. The van der Waals surface area contributed by atoms with E-state index < -0.39 is 12.1 Å². The van der Waals surface area contributed by atoms with Crippen LogP contribution in [0.3, 0.4) is 0 Å². The monoisotopic (exact) mass is 518 g/mol. The molecule has 3 aromatic rings. The minimum absolute atomic E-state index is 0.163. The Balaban J connectivity index is 1.50. The molecule has 10 heteroatoms. The fraction of sp³-hybridized carbons (Fsp3) is 0.429. The molecule has 3 heterocycles. The van der Waals surface area contributed by atoms with E-state index in [0.717, 1.165) is 26.2 Å². The zero-order valence-corrected chi connectivity index (χ0v) is 22.1. The Morgan fingerprint density at radius 1 is 1.08 bits per heavy atom. The van der Waals surface area contributed by atoms with Gasteiger partial charge < -0.3 is 15.3 Å². The average Bonchev–Trinajstić information content (AvgIpc) is 3.31. The number of aromatic nitrogens is 3. The van der Waals surface area contributed by atoms with Gasteiger partial charge in [-0.05, 0) is 45.4 Å². The van der Waals surface area contributed by atoms with Crippen LogP contribution < -0.4 is 10.9 Å². The summed E-state index contributed by atoms with van der Waals surface area (Å²) in [4.78, 5) is 41.8. The van der Waals surface area contributed by atoms with Gasteiger partial charge >= 0.3 is 6.09 Å². The van der Waals surface area contributed by atoms with E-state index in [-0.39, 0.29) is 17.3 Å². The molecule has 1 unspecified atom stereocenters. The molecule has 38 heavy (non-hydrogen) atoms. The van der Waals surface area contributed by atoms with Gasteiger partial charge in [0.05, 0.1) is 17.3 Å². The molecule has 1 saturated heterocycles. The predicted molar refractivity (Wildman–Crippen MR) is 144 cm³/mol. The third kappa shape index (κ3) is 6.06. The lowest BCUT2D eigenvalue weighted by molar-refractivity contribution is -0.133. The van der Waals surface area contributed by atoms with Crippen molar-refractivity contribution >= 4 is 17.5 Å². The van der Waals surface area contributed by atoms with Crippen molar-refractivity contribution in [1.29, 1.82) is 0 Å². The fourth-order valence-electron chi connectivity index (χ4n) is 4.67. The van der Waals surface area contributed by atoms with Crippen LogP contribution >= 0.6 is 0 Å². The molecule has 0 radical (unpaired) electrons. The van der Waals surface area contributed by atoms with Gasteiger partial charge in [-0.1, -0.05) is 30.0 Å². The Hall–Kier alpha value is -4.10. The average molecular weight is 519 g/mol. The number of para-hydroxylation sites is 1. The molecule has 1 aromatic carbocycles. The molecule has 2 amide bonds. The number of benzene rings is 1. The van der Waals surface area contributed by atoms with E-state index >= 15 is 0 Å². The lowest BCUT2D eigenvalue weighted by Gasteiger charge is -2.37. The van der Waals surface area contributed by atoms with Gasteiger partial charge in [-0.2, -0.15) is 5.10 Å². The van der Waals surface area contributed by atoms with Gasteiger partial charge in [-0.25, -0.2) is 9.31 Å². The van der Waals surface area contributed by atoms with E-state index in [1.54, 1.807) is 43.5 Å². The van der Waals surface area contributed by atoms with Crippen molar-refractivity contribution in [2.45, 2.75) is 52.1 Å². The third-order valence-electron chi connectivity index (χ3n) is 6.77. The Morgan fingerprint density at radius 3 is 2.45 bits per heavy atom. The molecule has 1 aliphatic rings. The Morgan fingerprint density at radius 2 is 1.79 bits per heavy atom. The number of hydrogen-bond acceptors (Lipinski definition) is 5. The van der Waals surface area contributed by atoms with Crippen LogP contribution in [0.5, 0.6) is 0 Å². The van der Waals surface area contributed by atoms with Gasteiger partial charge in [0.25, 0.3) is 5.56 Å². The molecule has 1 fully saturated rings. The van der Waals surface area contributed by atoms with Crippen molar-refractivity contribution in [3.63, 3.8) is 0 Å². The van der Waals surface area contributed by atoms with Crippen LogP contribution in [0.4, 0.5) is 4.79 Å². The second kappa shape index (κ2) is 12.0. The molecule has 200 valence electrons. The smallest absolute Gasteiger partial charge is 0.405 e. The van der Waals surface area contributed by atoms with Crippen LogP contribution in [-0.2, 0) is 4.79 Å². The summed E-state index contributed by atoms with van der Waals surface area (Å²) in [5.41, 5.74) is 1.08. The largest absolute Gasteiger partial charge is 0.465 e. The Kier molecular flexibility index (Phi) is 8.48. The molecular weight excluding hydrogens is 484 g/mol. The van der Waals surface area contributed by atoms with E-state index in [2.05, 4.69) is 41.0 Å². The van der Waals surface area contributed by atoms with Crippen molar-refractivity contribution in [2.75, 3.05) is 26.2 Å². The summed E-state index contributed by atoms with van der Waals surface area (Å²) in [6, 6.07) is 10.5. The minimum atomic E-state index is -1.21. The number of hydrogen-bond donors (Lipinski definition) is 2. The highest BCUT2D eigenvalue weighted by Crippen LogP contribution is 2.17. The van der Waals surface area contributed by atoms with Crippen molar-refractivity contribution < 1.29 is 14.7 Å². The molecule has 4 rings (SSSR count). The number of unbranched alkanes of at least 4 members (excludes halogenated alkanes) is 1. The van der Waals surface area contributed by atoms with Crippen LogP contribution in [0.2, 0.25) is 0 Å². The molecule has 0 aliphatic carbocycles. The second-order valence-corrected chi connectivity index (χ2v) is 9.69. The first-order valence-corrected chi connectivity index (χ1v) is 13.0. The van der Waals surface area contributed by atoms with E-state index in [9.17, 15) is 19.5 Å². The van der Waals surface area contributed by atoms with E-state index in [1.807, 2.05) is 11.0 Å². The molecule has 0 spiro atoms. The number of carboxylic acid groups (broad SMARTS) is 1. The highest BCUT2D eigenvalue weighted by molar-refractivity contribution is 5.76. The van der Waals surface area contributed by atoms with E-state index in [4.69, 9.17) is 0 Å². The van der Waals surface area contributed by atoms with Gasteiger partial charge in [-0.3, -0.25) is 19.1 Å². The van der Waals surface area contributed by atoms with Crippen LogP contribution in [0.15, 0.2) is 47.4 Å². The zero-order valence-electron chi connectivity index (χ0n) is 22.1. The van der Waals surface area contributed by atoms with Crippen molar-refractivity contribution in [3.8, 4) is 17.5 Å². The standard InChI is InChI=1S/C28H34N6O4/c1-20(2)31-16-18-32(19-17-31)24(35)13-9-4-6-10-22-14-15-33-25(22)27(36)34(23-11-7-5-8-12-23)26(30-33)21(3)29-28(37)38/h5,7-8,11-12,14-15,20-21,29H,4,9,13,16-19H2,1-3H3,(H,37,38). The SMILES string of the molecule is CC(NC(=O)O)c1nn2ccc(C#CCCCC(=O)N3CCN(C(C)C)CC3)c2c(=O)n1-c1ccccc1. The number of carbonyl (C=O) groups is 2. The summed E-state index contributed by atoms with van der Waals surface area (Å²) in [6.45, 7) is 9.34. The first-order valence-electron chi connectivity index (χ1n) is 13.0. The van der Waals surface area contributed by atoms with Gasteiger partial charge in [0.15, 0.2) is 5.82 Å². The van der Waals surface area contributed by atoms with Crippen LogP contribution in [0.1, 0.15) is 57.5 Å². The lowest BCUT2D eigenvalue weighted by atomic mass is 10.2. The van der Waals surface area contributed by atoms with E-state index in [1.165, 1.54) is 9.08 Å². The maximum atomic E-state index is 13.6. The predicted octanol–water partition coefficient (Wildman–Crippen LogP) is 2.89. The molecule has 10 nitrogen and oxygen atoms in total. The fourth-order valence-corrected chi connectivity index (χ4v) is 4.67. The van der Waals surface area contributed by atoms with Crippen LogP contribution in [0, 0.1) is 11.8 Å². The summed E-state index contributed by atoms with van der Waals surface area (Å²) < 4.78 is 2.86. The zero-order chi connectivity index (χ0) is 27.2. The lowest BCUT2D eigenvalue weighted by Crippen LogP contribution is -2.50. The van der Waals surface area contributed by atoms with Crippen LogP contribution in [-0.4, -0.2) is 73.3 Å². The number of amides is 2. The van der Waals surface area contributed by atoms with Gasteiger partial charge in [0, 0.05) is 51.3 Å². The number of piperazine rings is 1. The summed E-state index contributed by atoms with van der Waals surface area (Å²) >= 11 is 0. The molecule has 2 aromatic heterocycles. The van der Waals surface area contributed by atoms with Crippen LogP contribution in [0.25, 0.3) is 11.2 Å². The number of carbonyl (C=O) groups excluding carboxylic acids is 1. The normalized spacial score (nSPS) is 14.8. The first kappa shape index (κ1) is 26.9. The van der Waals surface area contributed by atoms with Crippen molar-refractivity contribution in [1.82, 2.24) is 29.3 Å². The summed E-state index contributed by atoms with van der Waals surface area (Å²) in [7, 11) is 0. The number of rotatable bonds is 7. The Labute approximate surface area is 221 Å². The van der Waals surface area contributed by atoms with Gasteiger partial charge in [-0.15, -0.1) is 0 Å². The van der Waals surface area contributed by atoms with Gasteiger partial charge in [0.2, 0.25) is 5.91 Å². The quantitative estimate of drug-likeness (QED) is 0.368. The number of nitrogens with zero attached hydrogens (tertiary/aromatic N) is 5. The second-order valence-electron chi connectivity index (χ2n) is 9.69. The summed E-state index contributed by atoms with van der Waals surface area (Å²) in [6.07, 6.45) is 2.08. The topological polar surface area (TPSA) is 112 Å². The van der Waals surface area contributed by atoms with Crippen molar-refractivity contribution in [3.05, 3.63) is 64.3 Å². The highest BCUT2D eigenvalue weighted by Gasteiger charge is 2.22. The third-order valence-corrected chi connectivity index (χ3v) is 6.77. The van der Waals surface area contributed by atoms with Gasteiger partial charge in [0.1, 0.15) is 5.52 Å². The summed E-state index contributed by atoms with van der Waals surface area (Å²) in [5.74, 6) is 6.60. The van der Waals surface area contributed by atoms with E-state index in [0.29, 0.717) is 42.1 Å². The van der Waals surface area contributed by atoms with Crippen molar-refractivity contribution in [2.24, 2.45) is 0 Å².